The Bertz CT molecular complexity index is 236. The molecule has 0 amide bonds. The first-order valence-corrected chi connectivity index (χ1v) is 4.15. The lowest BCUT2D eigenvalue weighted by Gasteiger charge is -1.89. The molecule has 0 saturated carbocycles. The predicted molar refractivity (Wildman–Crippen MR) is 44.1 cm³/mol. The van der Waals surface area contributed by atoms with Crippen molar-refractivity contribution in [3.63, 3.8) is 0 Å². The monoisotopic (exact) mass is 196 g/mol. The predicted octanol–water partition coefficient (Wildman–Crippen LogP) is 3.82. The fourth-order valence-corrected chi connectivity index (χ4v) is 1.35. The van der Waals surface area contributed by atoms with Gasteiger partial charge in [-0.2, -0.15) is 11.3 Å². The van der Waals surface area contributed by atoms with E-state index in [4.69, 9.17) is 23.2 Å². The topological polar surface area (TPSA) is 0 Å². The van der Waals surface area contributed by atoms with Crippen LogP contribution in [0.25, 0.3) is 5.83 Å². The van der Waals surface area contributed by atoms with Crippen molar-refractivity contribution in [1.82, 2.24) is 0 Å². The fourth-order valence-electron chi connectivity index (χ4n) is 0.498. The van der Waals surface area contributed by atoms with Crippen LogP contribution in [0.4, 0.5) is 4.39 Å². The summed E-state index contributed by atoms with van der Waals surface area (Å²) in [6.07, 6.45) is 0. The normalized spacial score (nSPS) is 9.50. The SMILES string of the molecule is FC(=C(Cl)Cl)c1ccsc1. The van der Waals surface area contributed by atoms with Gasteiger partial charge in [-0.15, -0.1) is 0 Å². The first-order chi connectivity index (χ1) is 4.72. The lowest BCUT2D eigenvalue weighted by Crippen LogP contribution is -1.69. The quantitative estimate of drug-likeness (QED) is 0.641. The van der Waals surface area contributed by atoms with Crippen molar-refractivity contribution >= 4 is 40.4 Å². The first kappa shape index (κ1) is 8.05. The second-order valence-corrected chi connectivity index (χ2v) is 3.32. The third-order valence-corrected chi connectivity index (χ3v) is 1.96. The highest BCUT2D eigenvalue weighted by Crippen LogP contribution is 2.26. The van der Waals surface area contributed by atoms with Crippen LogP contribution in [0.5, 0.6) is 0 Å². The van der Waals surface area contributed by atoms with Crippen LogP contribution in [0.15, 0.2) is 21.3 Å². The third-order valence-electron chi connectivity index (χ3n) is 0.941. The van der Waals surface area contributed by atoms with Crippen molar-refractivity contribution in [2.24, 2.45) is 0 Å². The molecule has 0 unspecified atom stereocenters. The Morgan fingerprint density at radius 2 is 2.20 bits per heavy atom. The van der Waals surface area contributed by atoms with Gasteiger partial charge in [0.1, 0.15) is 4.49 Å². The molecule has 0 atom stereocenters. The van der Waals surface area contributed by atoms with Crippen molar-refractivity contribution in [1.29, 1.82) is 0 Å². The Hall–Kier alpha value is -0.0500. The molecular weight excluding hydrogens is 194 g/mol. The lowest BCUT2D eigenvalue weighted by molar-refractivity contribution is 0.761. The minimum absolute atomic E-state index is 0.321. The van der Waals surface area contributed by atoms with Crippen LogP contribution in [-0.4, -0.2) is 0 Å². The number of halogens is 3. The maximum absolute atomic E-state index is 12.7. The Labute approximate surface area is 71.9 Å². The molecule has 4 heteroatoms. The van der Waals surface area contributed by atoms with E-state index in [1.807, 2.05) is 0 Å². The van der Waals surface area contributed by atoms with Crippen molar-refractivity contribution in [3.05, 3.63) is 26.9 Å². The maximum atomic E-state index is 12.7. The summed E-state index contributed by atoms with van der Waals surface area (Å²) < 4.78 is 12.4. The van der Waals surface area contributed by atoms with Gasteiger partial charge in [-0.05, 0) is 11.4 Å². The van der Waals surface area contributed by atoms with E-state index in [1.165, 1.54) is 11.3 Å². The average molecular weight is 197 g/mol. The van der Waals surface area contributed by atoms with Crippen LogP contribution < -0.4 is 0 Å². The molecule has 0 radical (unpaired) electrons. The highest BCUT2D eigenvalue weighted by atomic mass is 35.5. The van der Waals surface area contributed by atoms with Crippen molar-refractivity contribution in [2.75, 3.05) is 0 Å². The number of hydrogen-bond donors (Lipinski definition) is 0. The molecule has 0 spiro atoms. The molecule has 0 nitrogen and oxygen atoms in total. The lowest BCUT2D eigenvalue weighted by atomic mass is 10.3. The first-order valence-electron chi connectivity index (χ1n) is 2.45. The molecule has 0 aliphatic carbocycles. The number of thiophene rings is 1. The van der Waals surface area contributed by atoms with E-state index < -0.39 is 5.83 Å². The molecule has 0 bridgehead atoms. The van der Waals surface area contributed by atoms with Gasteiger partial charge in [0.25, 0.3) is 0 Å². The van der Waals surface area contributed by atoms with E-state index >= 15 is 0 Å². The number of rotatable bonds is 1. The Morgan fingerprint density at radius 3 is 2.60 bits per heavy atom. The summed E-state index contributed by atoms with van der Waals surface area (Å²) in [5.41, 5.74) is 0.435. The van der Waals surface area contributed by atoms with Gasteiger partial charge in [-0.3, -0.25) is 0 Å². The molecule has 0 saturated heterocycles. The Kier molecular flexibility index (Phi) is 2.72. The van der Waals surface area contributed by atoms with Gasteiger partial charge in [0.05, 0.1) is 0 Å². The summed E-state index contributed by atoms with van der Waals surface area (Å²) in [5, 5.41) is 3.39. The summed E-state index contributed by atoms with van der Waals surface area (Å²) in [5.74, 6) is -0.565. The summed E-state index contributed by atoms with van der Waals surface area (Å²) in [6.45, 7) is 0. The summed E-state index contributed by atoms with van der Waals surface area (Å²) in [4.78, 5) is 0. The van der Waals surface area contributed by atoms with E-state index in [1.54, 1.807) is 16.8 Å². The van der Waals surface area contributed by atoms with Gasteiger partial charge >= 0.3 is 0 Å². The highest BCUT2D eigenvalue weighted by Gasteiger charge is 2.03. The molecule has 1 rings (SSSR count). The van der Waals surface area contributed by atoms with E-state index in [2.05, 4.69) is 0 Å². The van der Waals surface area contributed by atoms with E-state index in [9.17, 15) is 4.39 Å². The van der Waals surface area contributed by atoms with E-state index in [0.717, 1.165) is 0 Å². The molecule has 0 N–H and O–H groups in total. The molecule has 1 heterocycles. The molecule has 0 fully saturated rings. The fraction of sp³-hybridized carbons (Fsp3) is 0. The molecule has 1 aromatic rings. The van der Waals surface area contributed by atoms with Crippen molar-refractivity contribution < 1.29 is 4.39 Å². The van der Waals surface area contributed by atoms with E-state index in [-0.39, 0.29) is 4.49 Å². The van der Waals surface area contributed by atoms with Crippen LogP contribution >= 0.6 is 34.5 Å². The van der Waals surface area contributed by atoms with Crippen LogP contribution in [0.2, 0.25) is 0 Å². The van der Waals surface area contributed by atoms with Gasteiger partial charge in [0.15, 0.2) is 5.83 Å². The standard InChI is InChI=1S/C6H3Cl2FS/c7-6(8)5(9)4-1-2-10-3-4/h1-3H. The van der Waals surface area contributed by atoms with Crippen molar-refractivity contribution in [2.45, 2.75) is 0 Å². The number of hydrogen-bond acceptors (Lipinski definition) is 1. The van der Waals surface area contributed by atoms with Gasteiger partial charge in [0, 0.05) is 10.9 Å². The minimum atomic E-state index is -0.565. The van der Waals surface area contributed by atoms with Crippen LogP contribution in [-0.2, 0) is 0 Å². The highest BCUT2D eigenvalue weighted by molar-refractivity contribution is 7.08. The Morgan fingerprint density at radius 1 is 1.50 bits per heavy atom. The second kappa shape index (κ2) is 3.37. The average Bonchev–Trinajstić information content (AvgIpc) is 2.36. The zero-order valence-electron chi connectivity index (χ0n) is 4.77. The molecular formula is C6H3Cl2FS. The summed E-state index contributed by atoms with van der Waals surface area (Å²) >= 11 is 11.8. The minimum Gasteiger partial charge on any atom is -0.204 e. The van der Waals surface area contributed by atoms with Gasteiger partial charge in [0.2, 0.25) is 0 Å². The molecule has 0 aliphatic rings. The molecule has 0 aliphatic heterocycles. The molecule has 54 valence electrons. The van der Waals surface area contributed by atoms with Crippen LogP contribution in [0, 0.1) is 0 Å². The largest absolute Gasteiger partial charge is 0.204 e. The third kappa shape index (κ3) is 1.72. The van der Waals surface area contributed by atoms with Gasteiger partial charge < -0.3 is 0 Å². The van der Waals surface area contributed by atoms with Gasteiger partial charge in [-0.25, -0.2) is 4.39 Å². The summed E-state index contributed by atoms with van der Waals surface area (Å²) in [7, 11) is 0. The van der Waals surface area contributed by atoms with Crippen LogP contribution in [0.1, 0.15) is 5.56 Å². The van der Waals surface area contributed by atoms with E-state index in [0.29, 0.717) is 5.56 Å². The zero-order valence-corrected chi connectivity index (χ0v) is 7.10. The maximum Gasteiger partial charge on any atom is 0.161 e. The molecule has 1 aromatic heterocycles. The Balaban J connectivity index is 2.99. The molecule has 0 aromatic carbocycles. The second-order valence-electron chi connectivity index (χ2n) is 1.59. The zero-order chi connectivity index (χ0) is 7.56. The summed E-state index contributed by atoms with van der Waals surface area (Å²) in [6, 6.07) is 1.62. The van der Waals surface area contributed by atoms with Gasteiger partial charge in [-0.1, -0.05) is 23.2 Å². The smallest absolute Gasteiger partial charge is 0.161 e. The molecule has 10 heavy (non-hydrogen) atoms. The van der Waals surface area contributed by atoms with Crippen molar-refractivity contribution in [3.8, 4) is 0 Å². The van der Waals surface area contributed by atoms with Crippen LogP contribution in [0.3, 0.4) is 0 Å².